The van der Waals surface area contributed by atoms with Crippen molar-refractivity contribution in [3.05, 3.63) is 33.9 Å². The number of rotatable bonds is 4. The first kappa shape index (κ1) is 12.5. The number of nitro benzene ring substituents is 1. The molecule has 102 valence electrons. The van der Waals surface area contributed by atoms with Gasteiger partial charge in [-0.15, -0.1) is 0 Å². The summed E-state index contributed by atoms with van der Waals surface area (Å²) in [5, 5.41) is 10.7. The predicted molar refractivity (Wildman–Crippen MR) is 67.5 cm³/mol. The Balaban J connectivity index is 1.95. The number of hydrogen-bond acceptors (Lipinski definition) is 5. The maximum Gasteiger partial charge on any atom is 0.299 e. The minimum absolute atomic E-state index is 0.00667. The monoisotopic (exact) mass is 274 g/mol. The van der Waals surface area contributed by atoms with Crippen molar-refractivity contribution in [1.29, 1.82) is 0 Å². The van der Waals surface area contributed by atoms with E-state index in [-0.39, 0.29) is 35.2 Å². The molecule has 2 aliphatic rings. The molecule has 7 heteroatoms. The highest BCUT2D eigenvalue weighted by molar-refractivity contribution is 6.52. The summed E-state index contributed by atoms with van der Waals surface area (Å²) in [7, 11) is 0. The number of Topliss-reactive ketones (excluding diaryl/α,β-unsaturated/α-hetero) is 2. The van der Waals surface area contributed by atoms with E-state index in [0.717, 1.165) is 23.8 Å². The highest BCUT2D eigenvalue weighted by Gasteiger charge is 2.40. The zero-order chi connectivity index (χ0) is 14.4. The fourth-order valence-electron chi connectivity index (χ4n) is 2.25. The quantitative estimate of drug-likeness (QED) is 0.465. The zero-order valence-electron chi connectivity index (χ0n) is 10.4. The molecule has 0 aromatic heterocycles. The Morgan fingerprint density at radius 3 is 2.65 bits per heavy atom. The van der Waals surface area contributed by atoms with Crippen LogP contribution >= 0.6 is 0 Å². The fraction of sp³-hybridized carbons (Fsp3) is 0.308. The van der Waals surface area contributed by atoms with Gasteiger partial charge in [0.25, 0.3) is 17.4 Å². The molecule has 1 aliphatic heterocycles. The van der Waals surface area contributed by atoms with E-state index in [0.29, 0.717) is 0 Å². The van der Waals surface area contributed by atoms with Gasteiger partial charge in [0.05, 0.1) is 22.7 Å². The van der Waals surface area contributed by atoms with Gasteiger partial charge in [0.15, 0.2) is 5.78 Å². The van der Waals surface area contributed by atoms with Gasteiger partial charge >= 0.3 is 0 Å². The molecule has 1 amide bonds. The van der Waals surface area contributed by atoms with Crippen molar-refractivity contribution < 1.29 is 19.3 Å². The van der Waals surface area contributed by atoms with E-state index in [1.54, 1.807) is 0 Å². The Morgan fingerprint density at radius 1 is 1.35 bits per heavy atom. The lowest BCUT2D eigenvalue weighted by atomic mass is 10.1. The molecule has 0 unspecified atom stereocenters. The summed E-state index contributed by atoms with van der Waals surface area (Å²) in [5.74, 6) is -1.68. The first-order valence-electron chi connectivity index (χ1n) is 6.16. The molecule has 1 saturated carbocycles. The molecule has 1 heterocycles. The summed E-state index contributed by atoms with van der Waals surface area (Å²) >= 11 is 0. The molecule has 1 fully saturated rings. The molecule has 7 nitrogen and oxygen atoms in total. The van der Waals surface area contributed by atoms with Crippen LogP contribution in [0.1, 0.15) is 23.2 Å². The first-order valence-corrected chi connectivity index (χ1v) is 6.16. The average molecular weight is 274 g/mol. The van der Waals surface area contributed by atoms with Gasteiger partial charge in [-0.05, 0) is 18.9 Å². The van der Waals surface area contributed by atoms with Crippen molar-refractivity contribution in [2.24, 2.45) is 5.92 Å². The van der Waals surface area contributed by atoms with E-state index in [2.05, 4.69) is 0 Å². The van der Waals surface area contributed by atoms with Crippen molar-refractivity contribution in [3.63, 3.8) is 0 Å². The second-order valence-corrected chi connectivity index (χ2v) is 4.92. The maximum absolute atomic E-state index is 11.9. The largest absolute Gasteiger partial charge is 0.299 e. The third-order valence-corrected chi connectivity index (χ3v) is 3.51. The van der Waals surface area contributed by atoms with E-state index in [1.165, 1.54) is 12.1 Å². The molecule has 3 rings (SSSR count). The van der Waals surface area contributed by atoms with Crippen LogP contribution in [0.15, 0.2) is 18.2 Å². The molecular weight excluding hydrogens is 264 g/mol. The molecule has 1 aromatic rings. The minimum Gasteiger partial charge on any atom is -0.297 e. The molecule has 20 heavy (non-hydrogen) atoms. The van der Waals surface area contributed by atoms with Gasteiger partial charge in [0.2, 0.25) is 0 Å². The van der Waals surface area contributed by atoms with E-state index in [4.69, 9.17) is 0 Å². The van der Waals surface area contributed by atoms with Crippen LogP contribution in [-0.4, -0.2) is 28.9 Å². The zero-order valence-corrected chi connectivity index (χ0v) is 10.4. The van der Waals surface area contributed by atoms with Gasteiger partial charge in [-0.1, -0.05) is 0 Å². The van der Waals surface area contributed by atoms with E-state index < -0.39 is 16.6 Å². The van der Waals surface area contributed by atoms with Gasteiger partial charge in [-0.25, -0.2) is 0 Å². The lowest BCUT2D eigenvalue weighted by Gasteiger charge is -2.15. The SMILES string of the molecule is O=C1C(=O)N(CC(=O)C2CC2)c2ccc([N+](=O)[O-])cc21. The first-order chi connectivity index (χ1) is 9.49. The number of nitrogens with zero attached hydrogens (tertiary/aromatic N) is 2. The summed E-state index contributed by atoms with van der Waals surface area (Å²) < 4.78 is 0. The third-order valence-electron chi connectivity index (χ3n) is 3.51. The second kappa shape index (κ2) is 4.22. The lowest BCUT2D eigenvalue weighted by molar-refractivity contribution is -0.384. The van der Waals surface area contributed by atoms with Crippen molar-refractivity contribution >= 4 is 28.8 Å². The standard InChI is InChI=1S/C13H10N2O5/c16-11(7-1-2-7)6-14-10-4-3-8(15(19)20)5-9(10)12(17)13(14)18/h3-5,7H,1-2,6H2. The third kappa shape index (κ3) is 1.87. The van der Waals surface area contributed by atoms with Crippen LogP contribution in [0, 0.1) is 16.0 Å². The van der Waals surface area contributed by atoms with Crippen molar-refractivity contribution in [1.82, 2.24) is 0 Å². The van der Waals surface area contributed by atoms with Gasteiger partial charge < -0.3 is 0 Å². The number of non-ortho nitro benzene ring substituents is 1. The van der Waals surface area contributed by atoms with E-state index in [1.807, 2.05) is 0 Å². The average Bonchev–Trinajstić information content (AvgIpc) is 3.24. The number of anilines is 1. The van der Waals surface area contributed by atoms with Crippen LogP contribution in [0.2, 0.25) is 0 Å². The number of nitro groups is 1. The van der Waals surface area contributed by atoms with Crippen LogP contribution in [0.5, 0.6) is 0 Å². The summed E-state index contributed by atoms with van der Waals surface area (Å²) in [4.78, 5) is 46.7. The highest BCUT2D eigenvalue weighted by atomic mass is 16.6. The van der Waals surface area contributed by atoms with E-state index >= 15 is 0 Å². The smallest absolute Gasteiger partial charge is 0.297 e. The van der Waals surface area contributed by atoms with Crippen molar-refractivity contribution in [3.8, 4) is 0 Å². The van der Waals surface area contributed by atoms with Crippen LogP contribution in [0.3, 0.4) is 0 Å². The lowest BCUT2D eigenvalue weighted by Crippen LogP contribution is -2.35. The van der Waals surface area contributed by atoms with Crippen molar-refractivity contribution in [2.75, 3.05) is 11.4 Å². The van der Waals surface area contributed by atoms with Crippen molar-refractivity contribution in [2.45, 2.75) is 12.8 Å². The number of ketones is 2. The van der Waals surface area contributed by atoms with Crippen LogP contribution < -0.4 is 4.90 Å². The Morgan fingerprint density at radius 2 is 2.05 bits per heavy atom. The van der Waals surface area contributed by atoms with E-state index in [9.17, 15) is 24.5 Å². The number of carbonyl (C=O) groups is 3. The number of hydrogen-bond donors (Lipinski definition) is 0. The Labute approximate surface area is 113 Å². The second-order valence-electron chi connectivity index (χ2n) is 4.92. The molecule has 0 radical (unpaired) electrons. The van der Waals surface area contributed by atoms with Crippen LogP contribution in [-0.2, 0) is 9.59 Å². The van der Waals surface area contributed by atoms with Gasteiger partial charge in [0.1, 0.15) is 0 Å². The summed E-state index contributed by atoms with van der Waals surface area (Å²) in [6.07, 6.45) is 1.64. The van der Waals surface area contributed by atoms with Crippen LogP contribution in [0.25, 0.3) is 0 Å². The highest BCUT2D eigenvalue weighted by Crippen LogP contribution is 2.34. The van der Waals surface area contributed by atoms with Gasteiger partial charge in [0, 0.05) is 18.1 Å². The molecule has 0 atom stereocenters. The topological polar surface area (TPSA) is 97.6 Å². The fourth-order valence-corrected chi connectivity index (χ4v) is 2.25. The Kier molecular flexibility index (Phi) is 2.63. The molecule has 0 spiro atoms. The molecular formula is C13H10N2O5. The molecule has 1 aromatic carbocycles. The summed E-state index contributed by atoms with van der Waals surface area (Å²) in [6, 6.07) is 3.65. The number of benzene rings is 1. The summed E-state index contributed by atoms with van der Waals surface area (Å²) in [6.45, 7) is -0.139. The molecule has 0 bridgehead atoms. The Hall–Kier alpha value is -2.57. The Bertz CT molecular complexity index is 663. The molecule has 1 aliphatic carbocycles. The number of fused-ring (bicyclic) bond motifs is 1. The van der Waals surface area contributed by atoms with Gasteiger partial charge in [-0.3, -0.25) is 29.4 Å². The number of amides is 1. The molecule has 0 N–H and O–H groups in total. The normalized spacial score (nSPS) is 17.3. The predicted octanol–water partition coefficient (Wildman–Crippen LogP) is 1.10. The van der Waals surface area contributed by atoms with Crippen LogP contribution in [0.4, 0.5) is 11.4 Å². The van der Waals surface area contributed by atoms with Gasteiger partial charge in [-0.2, -0.15) is 0 Å². The molecule has 0 saturated heterocycles. The minimum atomic E-state index is -0.799. The summed E-state index contributed by atoms with van der Waals surface area (Å²) in [5.41, 5.74) is 0.0210. The maximum atomic E-state index is 11.9. The number of carbonyl (C=O) groups excluding carboxylic acids is 3.